The van der Waals surface area contributed by atoms with E-state index in [1.54, 1.807) is 0 Å². The van der Waals surface area contributed by atoms with E-state index in [-0.39, 0.29) is 6.03 Å². The van der Waals surface area contributed by atoms with Crippen molar-refractivity contribution in [2.45, 2.75) is 39.2 Å². The summed E-state index contributed by atoms with van der Waals surface area (Å²) in [5.74, 6) is 0. The van der Waals surface area contributed by atoms with Gasteiger partial charge in [0.2, 0.25) is 0 Å². The van der Waals surface area contributed by atoms with Crippen molar-refractivity contribution in [1.82, 2.24) is 15.2 Å². The van der Waals surface area contributed by atoms with Gasteiger partial charge >= 0.3 is 6.03 Å². The van der Waals surface area contributed by atoms with Gasteiger partial charge in [0.15, 0.2) is 0 Å². The Kier molecular flexibility index (Phi) is 4.62. The summed E-state index contributed by atoms with van der Waals surface area (Å²) in [5, 5.41) is 3.03. The van der Waals surface area contributed by atoms with Gasteiger partial charge in [-0.2, -0.15) is 0 Å². The first-order valence-corrected chi connectivity index (χ1v) is 8.18. The molecule has 1 aromatic heterocycles. The molecule has 3 heterocycles. The van der Waals surface area contributed by atoms with Crippen LogP contribution in [0.1, 0.15) is 36.8 Å². The van der Waals surface area contributed by atoms with Crippen LogP contribution >= 0.6 is 0 Å². The molecule has 1 N–H and O–H groups in total. The van der Waals surface area contributed by atoms with Gasteiger partial charge in [0.05, 0.1) is 0 Å². The number of nitrogens with zero attached hydrogens (tertiary/aromatic N) is 2. The van der Waals surface area contributed by atoms with Gasteiger partial charge in [-0.3, -0.25) is 4.98 Å². The molecule has 0 radical (unpaired) electrons. The van der Waals surface area contributed by atoms with E-state index >= 15 is 0 Å². The summed E-state index contributed by atoms with van der Waals surface area (Å²) in [7, 11) is 0. The normalized spacial score (nSPS) is 20.9. The molecular weight excluding hydrogens is 278 g/mol. The van der Waals surface area contributed by atoms with Gasteiger partial charge in [-0.05, 0) is 49.1 Å². The van der Waals surface area contributed by atoms with Gasteiger partial charge in [-0.25, -0.2) is 4.79 Å². The molecule has 0 saturated carbocycles. The maximum atomic E-state index is 12.4. The number of ether oxygens (including phenoxy) is 1. The molecule has 3 rings (SSSR count). The Morgan fingerprint density at radius 2 is 2.18 bits per heavy atom. The van der Waals surface area contributed by atoms with E-state index in [1.165, 1.54) is 6.42 Å². The molecule has 2 aliphatic heterocycles. The number of piperidine rings is 1. The molecule has 0 bridgehead atoms. The van der Waals surface area contributed by atoms with Crippen LogP contribution in [0.25, 0.3) is 0 Å². The van der Waals surface area contributed by atoms with E-state index in [0.29, 0.717) is 12.0 Å². The Bertz CT molecular complexity index is 521. The van der Waals surface area contributed by atoms with Crippen LogP contribution in [0.5, 0.6) is 0 Å². The third-order valence-electron chi connectivity index (χ3n) is 4.88. The lowest BCUT2D eigenvalue weighted by molar-refractivity contribution is -0.0186. The molecule has 0 aliphatic carbocycles. The maximum Gasteiger partial charge on any atom is 0.317 e. The molecule has 120 valence electrons. The first kappa shape index (κ1) is 15.3. The number of rotatable bonds is 2. The lowest BCUT2D eigenvalue weighted by Gasteiger charge is -2.45. The number of hydrogen-bond donors (Lipinski definition) is 1. The van der Waals surface area contributed by atoms with Crippen molar-refractivity contribution >= 4 is 6.03 Å². The highest BCUT2D eigenvalue weighted by Crippen LogP contribution is 2.39. The average molecular weight is 303 g/mol. The number of amides is 2. The standard InChI is InChI=1S/C17H25N3O2/c1-14-9-15(11-18-10-14)12-19-16(21)20-6-2-3-17(13-20)4-7-22-8-5-17/h9-11H,2-8,12-13H2,1H3,(H,19,21). The summed E-state index contributed by atoms with van der Waals surface area (Å²) in [5.41, 5.74) is 2.45. The minimum atomic E-state index is 0.0482. The quantitative estimate of drug-likeness (QED) is 0.913. The first-order chi connectivity index (χ1) is 10.7. The largest absolute Gasteiger partial charge is 0.381 e. The molecule has 2 fully saturated rings. The van der Waals surface area contributed by atoms with Crippen LogP contribution in [-0.4, -0.2) is 42.2 Å². The van der Waals surface area contributed by atoms with Crippen LogP contribution in [0.4, 0.5) is 4.79 Å². The second-order valence-corrected chi connectivity index (χ2v) is 6.67. The second-order valence-electron chi connectivity index (χ2n) is 6.67. The Morgan fingerprint density at radius 3 is 2.95 bits per heavy atom. The number of carbonyl (C=O) groups is 1. The molecule has 0 aromatic carbocycles. The Balaban J connectivity index is 1.55. The molecule has 2 aliphatic rings. The molecule has 2 amide bonds. The van der Waals surface area contributed by atoms with Crippen LogP contribution in [0.15, 0.2) is 18.5 Å². The number of likely N-dealkylation sites (tertiary alicyclic amines) is 1. The molecule has 0 atom stereocenters. The lowest BCUT2D eigenvalue weighted by Crippen LogP contribution is -2.51. The SMILES string of the molecule is Cc1cncc(CNC(=O)N2CCCC3(CCOCC3)C2)c1. The number of nitrogens with one attached hydrogen (secondary N) is 1. The van der Waals surface area contributed by atoms with Gasteiger partial charge in [-0.1, -0.05) is 6.07 Å². The first-order valence-electron chi connectivity index (χ1n) is 8.18. The second kappa shape index (κ2) is 6.65. The van der Waals surface area contributed by atoms with Crippen molar-refractivity contribution in [1.29, 1.82) is 0 Å². The fraction of sp³-hybridized carbons (Fsp3) is 0.647. The molecule has 22 heavy (non-hydrogen) atoms. The summed E-state index contributed by atoms with van der Waals surface area (Å²) >= 11 is 0. The number of pyridine rings is 1. The average Bonchev–Trinajstić information content (AvgIpc) is 2.53. The number of hydrogen-bond acceptors (Lipinski definition) is 3. The number of aromatic nitrogens is 1. The maximum absolute atomic E-state index is 12.4. The van der Waals surface area contributed by atoms with E-state index in [4.69, 9.17) is 4.74 Å². The van der Waals surface area contributed by atoms with Crippen LogP contribution in [0.2, 0.25) is 0 Å². The summed E-state index contributed by atoms with van der Waals surface area (Å²) in [6.07, 6.45) is 8.12. The molecule has 1 spiro atoms. The minimum absolute atomic E-state index is 0.0482. The van der Waals surface area contributed by atoms with Gasteiger partial charge < -0.3 is 15.0 Å². The fourth-order valence-corrected chi connectivity index (χ4v) is 3.60. The highest BCUT2D eigenvalue weighted by molar-refractivity contribution is 5.74. The monoisotopic (exact) mass is 303 g/mol. The third-order valence-corrected chi connectivity index (χ3v) is 4.88. The van der Waals surface area contributed by atoms with Crippen molar-refractivity contribution in [3.05, 3.63) is 29.6 Å². The predicted molar refractivity (Wildman–Crippen MR) is 84.5 cm³/mol. The van der Waals surface area contributed by atoms with Crippen LogP contribution < -0.4 is 5.32 Å². The lowest BCUT2D eigenvalue weighted by atomic mass is 9.74. The topological polar surface area (TPSA) is 54.5 Å². The highest BCUT2D eigenvalue weighted by atomic mass is 16.5. The van der Waals surface area contributed by atoms with Crippen molar-refractivity contribution in [3.63, 3.8) is 0 Å². The zero-order valence-corrected chi connectivity index (χ0v) is 13.3. The van der Waals surface area contributed by atoms with Crippen molar-refractivity contribution in [3.8, 4) is 0 Å². The number of urea groups is 1. The van der Waals surface area contributed by atoms with Crippen LogP contribution in [-0.2, 0) is 11.3 Å². The van der Waals surface area contributed by atoms with Crippen molar-refractivity contribution < 1.29 is 9.53 Å². The van der Waals surface area contributed by atoms with E-state index in [0.717, 1.165) is 56.7 Å². The fourth-order valence-electron chi connectivity index (χ4n) is 3.60. The van der Waals surface area contributed by atoms with E-state index < -0.39 is 0 Å². The Morgan fingerprint density at radius 1 is 1.36 bits per heavy atom. The molecule has 5 nitrogen and oxygen atoms in total. The minimum Gasteiger partial charge on any atom is -0.381 e. The van der Waals surface area contributed by atoms with Crippen molar-refractivity contribution in [2.24, 2.45) is 5.41 Å². The van der Waals surface area contributed by atoms with Gasteiger partial charge in [0.25, 0.3) is 0 Å². The third kappa shape index (κ3) is 3.58. The molecular formula is C17H25N3O2. The summed E-state index contributed by atoms with van der Waals surface area (Å²) in [4.78, 5) is 18.6. The smallest absolute Gasteiger partial charge is 0.317 e. The van der Waals surface area contributed by atoms with Gasteiger partial charge in [0.1, 0.15) is 0 Å². The Labute approximate surface area is 132 Å². The van der Waals surface area contributed by atoms with Gasteiger partial charge in [0, 0.05) is 45.2 Å². The molecule has 1 aromatic rings. The van der Waals surface area contributed by atoms with E-state index in [9.17, 15) is 4.79 Å². The number of aryl methyl sites for hydroxylation is 1. The predicted octanol–water partition coefficient (Wildman–Crippen LogP) is 2.49. The van der Waals surface area contributed by atoms with Crippen LogP contribution in [0, 0.1) is 12.3 Å². The van der Waals surface area contributed by atoms with Crippen molar-refractivity contribution in [2.75, 3.05) is 26.3 Å². The summed E-state index contributed by atoms with van der Waals surface area (Å²) < 4.78 is 5.48. The summed E-state index contributed by atoms with van der Waals surface area (Å²) in [6.45, 7) is 5.96. The van der Waals surface area contributed by atoms with Gasteiger partial charge in [-0.15, -0.1) is 0 Å². The van der Waals surface area contributed by atoms with E-state index in [1.807, 2.05) is 24.2 Å². The molecule has 5 heteroatoms. The zero-order valence-electron chi connectivity index (χ0n) is 13.3. The van der Waals surface area contributed by atoms with Crippen LogP contribution in [0.3, 0.4) is 0 Å². The summed E-state index contributed by atoms with van der Waals surface area (Å²) in [6, 6.07) is 2.11. The Hall–Kier alpha value is -1.62. The molecule has 0 unspecified atom stereocenters. The molecule has 2 saturated heterocycles. The number of carbonyl (C=O) groups excluding carboxylic acids is 1. The van der Waals surface area contributed by atoms with E-state index in [2.05, 4.69) is 16.4 Å². The zero-order chi connectivity index (χ0) is 15.4. The highest BCUT2D eigenvalue weighted by Gasteiger charge is 2.38.